The van der Waals surface area contributed by atoms with E-state index in [0.29, 0.717) is 0 Å². The summed E-state index contributed by atoms with van der Waals surface area (Å²) in [4.78, 5) is 11.6. The molecule has 8 heteroatoms. The van der Waals surface area contributed by atoms with Crippen LogP contribution in [0.1, 0.15) is 40.0 Å². The molecule has 0 spiro atoms. The molecule has 0 saturated heterocycles. The molecule has 0 radical (unpaired) electrons. The van der Waals surface area contributed by atoms with Crippen LogP contribution in [0.3, 0.4) is 0 Å². The summed E-state index contributed by atoms with van der Waals surface area (Å²) < 4.78 is 43.0. The molecule has 0 aliphatic heterocycles. The number of nitrogens with one attached hydrogen (secondary N) is 1. The molecule has 3 N–H and O–H groups in total. The molecule has 1 rings (SSSR count). The molecule has 5 nitrogen and oxygen atoms in total. The van der Waals surface area contributed by atoms with Crippen LogP contribution in [-0.2, 0) is 4.74 Å². The number of carbonyl (C=O) groups is 1. The fourth-order valence-electron chi connectivity index (χ4n) is 2.58. The van der Waals surface area contributed by atoms with Gasteiger partial charge in [0, 0.05) is 11.5 Å². The number of alkyl carbamates (subject to hydrolysis) is 1. The number of ether oxygens (including phenoxy) is 1. The highest BCUT2D eigenvalue weighted by molar-refractivity contribution is 5.68. The summed E-state index contributed by atoms with van der Waals surface area (Å²) in [5.74, 6) is 0. The zero-order valence-electron chi connectivity index (χ0n) is 12.3. The lowest BCUT2D eigenvalue weighted by molar-refractivity contribution is -0.244. The first-order valence-electron chi connectivity index (χ1n) is 6.75. The van der Waals surface area contributed by atoms with E-state index in [-0.39, 0.29) is 19.3 Å². The van der Waals surface area contributed by atoms with E-state index >= 15 is 0 Å². The van der Waals surface area contributed by atoms with E-state index in [9.17, 15) is 28.2 Å². The quantitative estimate of drug-likeness (QED) is 0.744. The lowest BCUT2D eigenvalue weighted by atomic mass is 9.80. The summed E-state index contributed by atoms with van der Waals surface area (Å²) in [5.41, 5.74) is -2.37. The topological polar surface area (TPSA) is 78.8 Å². The highest BCUT2D eigenvalue weighted by atomic mass is 19.4. The first-order valence-corrected chi connectivity index (χ1v) is 6.75. The molecule has 1 aliphatic rings. The van der Waals surface area contributed by atoms with Crippen molar-refractivity contribution in [3.8, 4) is 0 Å². The van der Waals surface area contributed by atoms with Gasteiger partial charge < -0.3 is 20.3 Å². The molecule has 124 valence electrons. The molecular formula is C13H22F3NO4. The van der Waals surface area contributed by atoms with Crippen LogP contribution in [-0.4, -0.2) is 46.8 Å². The first-order chi connectivity index (χ1) is 9.39. The van der Waals surface area contributed by atoms with Crippen molar-refractivity contribution in [1.29, 1.82) is 0 Å². The van der Waals surface area contributed by atoms with Crippen molar-refractivity contribution in [2.45, 2.75) is 64.0 Å². The van der Waals surface area contributed by atoms with Crippen molar-refractivity contribution >= 4 is 6.09 Å². The van der Waals surface area contributed by atoms with Gasteiger partial charge in [-0.25, -0.2) is 4.79 Å². The maximum absolute atomic E-state index is 12.7. The van der Waals surface area contributed by atoms with E-state index in [1.165, 1.54) is 0 Å². The van der Waals surface area contributed by atoms with Crippen molar-refractivity contribution in [1.82, 2.24) is 5.32 Å². The molecule has 2 unspecified atom stereocenters. The Morgan fingerprint density at radius 3 is 2.43 bits per heavy atom. The van der Waals surface area contributed by atoms with Gasteiger partial charge in [0.2, 0.25) is 0 Å². The second kappa shape index (κ2) is 6.00. The van der Waals surface area contributed by atoms with Crippen molar-refractivity contribution in [3.05, 3.63) is 0 Å². The summed E-state index contributed by atoms with van der Waals surface area (Å²) >= 11 is 0. The molecule has 21 heavy (non-hydrogen) atoms. The molecular weight excluding hydrogens is 291 g/mol. The van der Waals surface area contributed by atoms with E-state index in [4.69, 9.17) is 4.74 Å². The summed E-state index contributed by atoms with van der Waals surface area (Å²) in [6.45, 7) is 4.23. The Hall–Kier alpha value is -1.02. The molecule has 0 aromatic heterocycles. The monoisotopic (exact) mass is 313 g/mol. The number of hydrogen-bond acceptors (Lipinski definition) is 4. The van der Waals surface area contributed by atoms with Crippen molar-refractivity contribution in [3.63, 3.8) is 0 Å². The van der Waals surface area contributed by atoms with E-state index in [0.717, 1.165) is 0 Å². The number of rotatable bonds is 3. The number of aliphatic hydroxyl groups is 2. The molecule has 1 amide bonds. The van der Waals surface area contributed by atoms with Gasteiger partial charge >= 0.3 is 12.3 Å². The average Bonchev–Trinajstić information content (AvgIpc) is 2.68. The fourth-order valence-corrected chi connectivity index (χ4v) is 2.58. The largest absolute Gasteiger partial charge is 0.444 e. The Labute approximate surface area is 121 Å². The predicted octanol–water partition coefficient (Wildman–Crippen LogP) is 1.97. The van der Waals surface area contributed by atoms with Crippen molar-refractivity contribution < 1.29 is 32.9 Å². The zero-order valence-corrected chi connectivity index (χ0v) is 12.3. The molecule has 0 bridgehead atoms. The van der Waals surface area contributed by atoms with Crippen LogP contribution >= 0.6 is 0 Å². The van der Waals surface area contributed by atoms with Gasteiger partial charge in [0.15, 0.2) is 6.10 Å². The lowest BCUT2D eigenvalue weighted by Gasteiger charge is -2.33. The van der Waals surface area contributed by atoms with Crippen LogP contribution in [0.15, 0.2) is 0 Å². The maximum atomic E-state index is 12.7. The minimum Gasteiger partial charge on any atom is -0.444 e. The van der Waals surface area contributed by atoms with Gasteiger partial charge in [-0.15, -0.1) is 0 Å². The highest BCUT2D eigenvalue weighted by Crippen LogP contribution is 2.46. The van der Waals surface area contributed by atoms with E-state index in [1.54, 1.807) is 20.8 Å². The minimum absolute atomic E-state index is 0.0232. The molecule has 1 saturated carbocycles. The Balaban J connectivity index is 2.67. The normalized spacial score (nSPS) is 28.3. The summed E-state index contributed by atoms with van der Waals surface area (Å²) in [7, 11) is 0. The third-order valence-electron chi connectivity index (χ3n) is 3.57. The maximum Gasteiger partial charge on any atom is 0.414 e. The molecule has 3 atom stereocenters. The van der Waals surface area contributed by atoms with Crippen molar-refractivity contribution in [2.24, 2.45) is 5.41 Å². The lowest BCUT2D eigenvalue weighted by Crippen LogP contribution is -2.47. The number of aliphatic hydroxyl groups excluding tert-OH is 2. The average molecular weight is 313 g/mol. The van der Waals surface area contributed by atoms with Gasteiger partial charge in [0.25, 0.3) is 0 Å². The van der Waals surface area contributed by atoms with Gasteiger partial charge in [-0.2, -0.15) is 13.2 Å². The summed E-state index contributed by atoms with van der Waals surface area (Å²) in [6.07, 6.45) is -8.06. The van der Waals surface area contributed by atoms with Crippen LogP contribution in [0.25, 0.3) is 0 Å². The number of hydrogen-bond donors (Lipinski definition) is 3. The van der Waals surface area contributed by atoms with E-state index in [2.05, 4.69) is 5.32 Å². The fraction of sp³-hybridized carbons (Fsp3) is 0.923. The standard InChI is InChI=1S/C13H22F3NO4/c1-11(2,3)21-10(20)17-8-4-5-12(6-8,7-18)9(19)13(14,15)16/h8-9,18-19H,4-7H2,1-3H3,(H,17,20)/t8-,9?,12?/m1/s1. The SMILES string of the molecule is CC(C)(C)OC(=O)N[C@@H]1CCC(CO)(C(O)C(F)(F)F)C1. The van der Waals surface area contributed by atoms with Crippen LogP contribution in [0.4, 0.5) is 18.0 Å². The Morgan fingerprint density at radius 1 is 1.43 bits per heavy atom. The minimum atomic E-state index is -4.80. The van der Waals surface area contributed by atoms with Crippen LogP contribution < -0.4 is 5.32 Å². The number of alkyl halides is 3. The van der Waals surface area contributed by atoms with E-state index < -0.39 is 42.0 Å². The second-order valence-corrected chi connectivity index (χ2v) is 6.55. The van der Waals surface area contributed by atoms with Crippen LogP contribution in [0, 0.1) is 5.41 Å². The molecule has 0 heterocycles. The Morgan fingerprint density at radius 2 is 2.00 bits per heavy atom. The van der Waals surface area contributed by atoms with Gasteiger partial charge in [-0.05, 0) is 40.0 Å². The summed E-state index contributed by atoms with van der Waals surface area (Å²) in [6, 6.07) is -0.566. The van der Waals surface area contributed by atoms with Crippen molar-refractivity contribution in [2.75, 3.05) is 6.61 Å². The Kier molecular flexibility index (Phi) is 5.15. The first kappa shape index (κ1) is 18.0. The third-order valence-corrected chi connectivity index (χ3v) is 3.57. The van der Waals surface area contributed by atoms with Gasteiger partial charge in [0.05, 0.1) is 6.61 Å². The molecule has 1 aliphatic carbocycles. The van der Waals surface area contributed by atoms with E-state index in [1.807, 2.05) is 0 Å². The second-order valence-electron chi connectivity index (χ2n) is 6.55. The molecule has 1 fully saturated rings. The van der Waals surface area contributed by atoms with Gasteiger partial charge in [-0.3, -0.25) is 0 Å². The molecule has 0 aromatic carbocycles. The van der Waals surface area contributed by atoms with Gasteiger partial charge in [0.1, 0.15) is 5.60 Å². The predicted molar refractivity (Wildman–Crippen MR) is 68.6 cm³/mol. The molecule has 0 aromatic rings. The summed E-state index contributed by atoms with van der Waals surface area (Å²) in [5, 5.41) is 21.2. The highest BCUT2D eigenvalue weighted by Gasteiger charge is 2.55. The Bertz CT molecular complexity index is 381. The van der Waals surface area contributed by atoms with Crippen LogP contribution in [0.2, 0.25) is 0 Å². The number of carbonyl (C=O) groups excluding carboxylic acids is 1. The van der Waals surface area contributed by atoms with Gasteiger partial charge in [-0.1, -0.05) is 0 Å². The number of halogens is 3. The number of amides is 1. The third kappa shape index (κ3) is 4.74. The zero-order chi connectivity index (χ0) is 16.5. The smallest absolute Gasteiger partial charge is 0.414 e. The van der Waals surface area contributed by atoms with Crippen LogP contribution in [0.5, 0.6) is 0 Å².